The van der Waals surface area contributed by atoms with Crippen LogP contribution in [0.25, 0.3) is 0 Å². The number of aryl methyl sites for hydroxylation is 1. The standard InChI is InChI=1S/C13H22N2OS/c1-2-12-3-4-13(16-12)11-14-5-6-15-7-9-17-10-8-15/h3-4,14H,2,5-11H2,1H3. The van der Waals surface area contributed by atoms with Crippen LogP contribution in [0.3, 0.4) is 0 Å². The number of rotatable bonds is 6. The fraction of sp³-hybridized carbons (Fsp3) is 0.692. The van der Waals surface area contributed by atoms with Crippen LogP contribution in [0.2, 0.25) is 0 Å². The molecular weight excluding hydrogens is 232 g/mol. The van der Waals surface area contributed by atoms with Crippen molar-refractivity contribution in [2.45, 2.75) is 19.9 Å². The summed E-state index contributed by atoms with van der Waals surface area (Å²) in [5, 5.41) is 3.44. The van der Waals surface area contributed by atoms with Gasteiger partial charge in [-0.25, -0.2) is 0 Å². The molecule has 0 spiro atoms. The average molecular weight is 254 g/mol. The molecule has 1 aromatic heterocycles. The van der Waals surface area contributed by atoms with Crippen molar-refractivity contribution in [3.63, 3.8) is 0 Å². The summed E-state index contributed by atoms with van der Waals surface area (Å²) >= 11 is 2.06. The van der Waals surface area contributed by atoms with Gasteiger partial charge in [-0.1, -0.05) is 6.92 Å². The van der Waals surface area contributed by atoms with E-state index in [9.17, 15) is 0 Å². The maximum absolute atomic E-state index is 5.65. The van der Waals surface area contributed by atoms with Crippen molar-refractivity contribution in [3.05, 3.63) is 23.7 Å². The van der Waals surface area contributed by atoms with E-state index in [-0.39, 0.29) is 0 Å². The van der Waals surface area contributed by atoms with Gasteiger partial charge < -0.3 is 14.6 Å². The Bertz CT molecular complexity index is 321. The van der Waals surface area contributed by atoms with Crippen molar-refractivity contribution < 1.29 is 4.42 Å². The van der Waals surface area contributed by atoms with Crippen LogP contribution >= 0.6 is 11.8 Å². The highest BCUT2D eigenvalue weighted by Gasteiger charge is 2.09. The Morgan fingerprint density at radius 3 is 2.76 bits per heavy atom. The number of furan rings is 1. The van der Waals surface area contributed by atoms with E-state index in [1.54, 1.807) is 0 Å². The highest BCUT2D eigenvalue weighted by Crippen LogP contribution is 2.09. The van der Waals surface area contributed by atoms with Gasteiger partial charge in [0, 0.05) is 44.1 Å². The van der Waals surface area contributed by atoms with Gasteiger partial charge in [0.15, 0.2) is 0 Å². The lowest BCUT2D eigenvalue weighted by Crippen LogP contribution is -2.37. The molecular formula is C13H22N2OS. The van der Waals surface area contributed by atoms with Gasteiger partial charge >= 0.3 is 0 Å². The third-order valence-corrected chi connectivity index (χ3v) is 4.02. The zero-order valence-corrected chi connectivity index (χ0v) is 11.4. The van der Waals surface area contributed by atoms with Crippen LogP contribution in [0.5, 0.6) is 0 Å². The van der Waals surface area contributed by atoms with Crippen molar-refractivity contribution in [3.8, 4) is 0 Å². The van der Waals surface area contributed by atoms with Gasteiger partial charge in [0.25, 0.3) is 0 Å². The van der Waals surface area contributed by atoms with Crippen LogP contribution in [0.15, 0.2) is 16.5 Å². The molecule has 0 aromatic carbocycles. The Morgan fingerprint density at radius 2 is 2.06 bits per heavy atom. The molecule has 0 radical (unpaired) electrons. The summed E-state index contributed by atoms with van der Waals surface area (Å²) < 4.78 is 5.65. The SMILES string of the molecule is CCc1ccc(CNCCN2CCSCC2)o1. The summed E-state index contributed by atoms with van der Waals surface area (Å²) in [6.45, 7) is 7.65. The molecule has 1 aliphatic heterocycles. The molecule has 1 aromatic rings. The molecule has 0 bridgehead atoms. The highest BCUT2D eigenvalue weighted by molar-refractivity contribution is 7.99. The number of hydrogen-bond donors (Lipinski definition) is 1. The highest BCUT2D eigenvalue weighted by atomic mass is 32.2. The molecule has 1 saturated heterocycles. The van der Waals surface area contributed by atoms with Crippen LogP contribution in [0.4, 0.5) is 0 Å². The fourth-order valence-corrected chi connectivity index (χ4v) is 2.96. The van der Waals surface area contributed by atoms with E-state index in [2.05, 4.69) is 41.0 Å². The van der Waals surface area contributed by atoms with Crippen molar-refractivity contribution >= 4 is 11.8 Å². The Hall–Kier alpha value is -0.450. The van der Waals surface area contributed by atoms with E-state index in [1.807, 2.05) is 0 Å². The Kier molecular flexibility index (Phi) is 5.42. The third kappa shape index (κ3) is 4.37. The van der Waals surface area contributed by atoms with E-state index >= 15 is 0 Å². The van der Waals surface area contributed by atoms with Gasteiger partial charge in [0.05, 0.1) is 6.54 Å². The molecule has 1 N–H and O–H groups in total. The first-order chi connectivity index (χ1) is 8.38. The molecule has 3 nitrogen and oxygen atoms in total. The molecule has 96 valence electrons. The molecule has 0 atom stereocenters. The summed E-state index contributed by atoms with van der Waals surface area (Å²) in [7, 11) is 0. The lowest BCUT2D eigenvalue weighted by Gasteiger charge is -2.25. The summed E-state index contributed by atoms with van der Waals surface area (Å²) in [5.41, 5.74) is 0. The van der Waals surface area contributed by atoms with E-state index in [4.69, 9.17) is 4.42 Å². The van der Waals surface area contributed by atoms with Crippen molar-refractivity contribution in [1.82, 2.24) is 10.2 Å². The Morgan fingerprint density at radius 1 is 1.29 bits per heavy atom. The van der Waals surface area contributed by atoms with Gasteiger partial charge in [-0.3, -0.25) is 0 Å². The number of thioether (sulfide) groups is 1. The predicted octanol–water partition coefficient (Wildman–Crippen LogP) is 1.98. The fourth-order valence-electron chi connectivity index (χ4n) is 1.98. The van der Waals surface area contributed by atoms with E-state index in [0.717, 1.165) is 37.6 Å². The molecule has 2 heterocycles. The summed E-state index contributed by atoms with van der Waals surface area (Å²) in [6.07, 6.45) is 0.978. The van der Waals surface area contributed by atoms with Crippen LogP contribution < -0.4 is 5.32 Å². The first kappa shape index (κ1) is 13.0. The van der Waals surface area contributed by atoms with Gasteiger partial charge in [-0.2, -0.15) is 11.8 Å². The molecule has 1 aliphatic rings. The lowest BCUT2D eigenvalue weighted by atomic mass is 10.3. The van der Waals surface area contributed by atoms with Gasteiger partial charge in [-0.15, -0.1) is 0 Å². The summed E-state index contributed by atoms with van der Waals surface area (Å²) in [5.74, 6) is 4.71. The summed E-state index contributed by atoms with van der Waals surface area (Å²) in [4.78, 5) is 2.53. The number of hydrogen-bond acceptors (Lipinski definition) is 4. The summed E-state index contributed by atoms with van der Waals surface area (Å²) in [6, 6.07) is 4.14. The molecule has 1 fully saturated rings. The number of nitrogens with zero attached hydrogens (tertiary/aromatic N) is 1. The quantitative estimate of drug-likeness (QED) is 0.786. The lowest BCUT2D eigenvalue weighted by molar-refractivity contribution is 0.299. The Balaban J connectivity index is 1.59. The topological polar surface area (TPSA) is 28.4 Å². The van der Waals surface area contributed by atoms with Crippen LogP contribution in [-0.2, 0) is 13.0 Å². The van der Waals surface area contributed by atoms with Gasteiger partial charge in [0.1, 0.15) is 11.5 Å². The van der Waals surface area contributed by atoms with Gasteiger partial charge in [0.2, 0.25) is 0 Å². The monoisotopic (exact) mass is 254 g/mol. The van der Waals surface area contributed by atoms with Crippen molar-refractivity contribution in [1.29, 1.82) is 0 Å². The maximum atomic E-state index is 5.65. The minimum Gasteiger partial charge on any atom is -0.465 e. The second-order valence-electron chi connectivity index (χ2n) is 4.35. The van der Waals surface area contributed by atoms with E-state index in [1.165, 1.54) is 24.6 Å². The van der Waals surface area contributed by atoms with Crippen molar-refractivity contribution in [2.24, 2.45) is 0 Å². The molecule has 0 aliphatic carbocycles. The van der Waals surface area contributed by atoms with E-state index in [0.29, 0.717) is 0 Å². The van der Waals surface area contributed by atoms with Crippen molar-refractivity contribution in [2.75, 3.05) is 37.7 Å². The minimum atomic E-state index is 0.850. The Labute approximate surface area is 108 Å². The van der Waals surface area contributed by atoms with Crippen LogP contribution in [0, 0.1) is 0 Å². The smallest absolute Gasteiger partial charge is 0.117 e. The maximum Gasteiger partial charge on any atom is 0.117 e. The number of nitrogens with one attached hydrogen (secondary N) is 1. The van der Waals surface area contributed by atoms with Gasteiger partial charge in [-0.05, 0) is 12.1 Å². The van der Waals surface area contributed by atoms with Crippen LogP contribution in [0.1, 0.15) is 18.4 Å². The third-order valence-electron chi connectivity index (χ3n) is 3.07. The zero-order valence-electron chi connectivity index (χ0n) is 10.6. The molecule has 17 heavy (non-hydrogen) atoms. The molecule has 4 heteroatoms. The molecule has 0 unspecified atom stereocenters. The average Bonchev–Trinajstić information content (AvgIpc) is 2.84. The second kappa shape index (κ2) is 7.09. The molecule has 0 saturated carbocycles. The normalized spacial score (nSPS) is 17.5. The van der Waals surface area contributed by atoms with Crippen LogP contribution in [-0.4, -0.2) is 42.6 Å². The van der Waals surface area contributed by atoms with E-state index < -0.39 is 0 Å². The first-order valence-corrected chi connectivity index (χ1v) is 7.62. The second-order valence-corrected chi connectivity index (χ2v) is 5.58. The molecule has 2 rings (SSSR count). The first-order valence-electron chi connectivity index (χ1n) is 6.47. The largest absolute Gasteiger partial charge is 0.465 e. The molecule has 0 amide bonds. The zero-order chi connectivity index (χ0) is 11.9. The predicted molar refractivity (Wildman–Crippen MR) is 73.6 cm³/mol. The minimum absolute atomic E-state index is 0.850.